The molecule has 0 bridgehead atoms. The zero-order valence-electron chi connectivity index (χ0n) is 12.6. The number of amides is 2. The Kier molecular flexibility index (Phi) is 6.02. The molecule has 0 saturated heterocycles. The van der Waals surface area contributed by atoms with Crippen molar-refractivity contribution in [1.29, 1.82) is 0 Å². The van der Waals surface area contributed by atoms with Crippen molar-refractivity contribution in [2.45, 2.75) is 11.3 Å². The van der Waals surface area contributed by atoms with Crippen LogP contribution in [0, 0.1) is 0 Å². The van der Waals surface area contributed by atoms with Crippen molar-refractivity contribution < 1.29 is 18.0 Å². The van der Waals surface area contributed by atoms with E-state index in [4.69, 9.17) is 28.3 Å². The van der Waals surface area contributed by atoms with E-state index in [1.165, 1.54) is 12.1 Å². The van der Waals surface area contributed by atoms with Gasteiger partial charge in [-0.3, -0.25) is 20.4 Å². The van der Waals surface area contributed by atoms with Crippen LogP contribution < -0.4 is 16.0 Å². The number of nitrogens with two attached hydrogens (primary N) is 1. The summed E-state index contributed by atoms with van der Waals surface area (Å²) in [5.74, 6) is -1.26. The minimum Gasteiger partial charge on any atom is -0.273 e. The van der Waals surface area contributed by atoms with Crippen LogP contribution in [0.15, 0.2) is 47.4 Å². The summed E-state index contributed by atoms with van der Waals surface area (Å²) >= 11 is 11.6. The summed E-state index contributed by atoms with van der Waals surface area (Å²) < 4.78 is 22.7. The van der Waals surface area contributed by atoms with Crippen molar-refractivity contribution >= 4 is 45.0 Å². The van der Waals surface area contributed by atoms with Crippen LogP contribution in [0.2, 0.25) is 10.0 Å². The molecule has 0 heterocycles. The van der Waals surface area contributed by atoms with E-state index in [1.54, 1.807) is 24.3 Å². The van der Waals surface area contributed by atoms with E-state index in [1.807, 2.05) is 0 Å². The third-order valence-corrected chi connectivity index (χ3v) is 4.60. The van der Waals surface area contributed by atoms with Crippen LogP contribution in [0.3, 0.4) is 0 Å². The molecule has 2 amide bonds. The second-order valence-electron chi connectivity index (χ2n) is 4.99. The zero-order valence-corrected chi connectivity index (χ0v) is 15.0. The Hall–Kier alpha value is -2.13. The lowest BCUT2D eigenvalue weighted by atomic mass is 10.1. The lowest BCUT2D eigenvalue weighted by Crippen LogP contribution is -2.42. The average molecular weight is 402 g/mol. The molecular formula is C15H13Cl2N3O4S. The van der Waals surface area contributed by atoms with E-state index in [9.17, 15) is 18.0 Å². The quantitative estimate of drug-likeness (QED) is 0.674. The second-order valence-corrected chi connectivity index (χ2v) is 7.40. The number of sulfonamides is 1. The molecule has 2 aromatic rings. The Labute approximate surface area is 154 Å². The fourth-order valence-corrected chi connectivity index (χ4v) is 2.75. The number of primary sulfonamides is 1. The molecule has 4 N–H and O–H groups in total. The number of benzene rings is 2. The molecule has 0 aliphatic heterocycles. The van der Waals surface area contributed by atoms with Gasteiger partial charge in [-0.15, -0.1) is 0 Å². The summed E-state index contributed by atoms with van der Waals surface area (Å²) in [6.45, 7) is 0. The Bertz CT molecular complexity index is 915. The second kappa shape index (κ2) is 7.83. The maximum atomic E-state index is 12.1. The molecule has 0 aromatic heterocycles. The molecule has 132 valence electrons. The summed E-state index contributed by atoms with van der Waals surface area (Å²) in [7, 11) is -3.99. The molecule has 7 nitrogen and oxygen atoms in total. The molecule has 0 saturated carbocycles. The van der Waals surface area contributed by atoms with Crippen LogP contribution in [0.4, 0.5) is 0 Å². The molecule has 0 aliphatic carbocycles. The minimum absolute atomic E-state index is 0.0110. The summed E-state index contributed by atoms with van der Waals surface area (Å²) in [6, 6.07) is 10.1. The highest BCUT2D eigenvalue weighted by molar-refractivity contribution is 7.89. The van der Waals surface area contributed by atoms with Crippen molar-refractivity contribution in [1.82, 2.24) is 10.9 Å². The third-order valence-electron chi connectivity index (χ3n) is 3.10. The van der Waals surface area contributed by atoms with Crippen LogP contribution in [-0.4, -0.2) is 20.2 Å². The topological polar surface area (TPSA) is 118 Å². The number of carbonyl (C=O) groups is 2. The van der Waals surface area contributed by atoms with E-state index >= 15 is 0 Å². The third kappa shape index (κ3) is 5.43. The molecular weight excluding hydrogens is 389 g/mol. The van der Waals surface area contributed by atoms with Gasteiger partial charge in [0.1, 0.15) is 0 Å². The smallest absolute Gasteiger partial charge is 0.271 e. The Morgan fingerprint density at radius 1 is 1.00 bits per heavy atom. The maximum absolute atomic E-state index is 12.1. The van der Waals surface area contributed by atoms with Crippen LogP contribution in [0.25, 0.3) is 0 Å². The first-order valence-corrected chi connectivity index (χ1v) is 9.13. The number of halogens is 2. The van der Waals surface area contributed by atoms with Crippen LogP contribution in [-0.2, 0) is 21.2 Å². The summed E-state index contributed by atoms with van der Waals surface area (Å²) in [5.41, 5.74) is 4.94. The molecule has 0 fully saturated rings. The maximum Gasteiger partial charge on any atom is 0.271 e. The Morgan fingerprint density at radius 3 is 2.24 bits per heavy atom. The van der Waals surface area contributed by atoms with E-state index < -0.39 is 21.8 Å². The highest BCUT2D eigenvalue weighted by Gasteiger charge is 2.16. The molecule has 0 spiro atoms. The first-order chi connectivity index (χ1) is 11.7. The highest BCUT2D eigenvalue weighted by atomic mass is 35.5. The number of nitrogens with one attached hydrogen (secondary N) is 2. The first kappa shape index (κ1) is 19.2. The van der Waals surface area contributed by atoms with Gasteiger partial charge in [0, 0.05) is 5.02 Å². The van der Waals surface area contributed by atoms with Gasteiger partial charge in [-0.25, -0.2) is 13.6 Å². The van der Waals surface area contributed by atoms with Crippen molar-refractivity contribution in [3.8, 4) is 0 Å². The number of hydrogen-bond donors (Lipinski definition) is 3. The highest BCUT2D eigenvalue weighted by Crippen LogP contribution is 2.19. The summed E-state index contributed by atoms with van der Waals surface area (Å²) in [6.07, 6.45) is 0.0163. The predicted molar refractivity (Wildman–Crippen MR) is 93.6 cm³/mol. The lowest BCUT2D eigenvalue weighted by molar-refractivity contribution is -0.121. The molecule has 25 heavy (non-hydrogen) atoms. The van der Waals surface area contributed by atoms with Gasteiger partial charge in [0.15, 0.2) is 0 Å². The molecule has 0 unspecified atom stereocenters. The lowest BCUT2D eigenvalue weighted by Gasteiger charge is -2.09. The fourth-order valence-electron chi connectivity index (χ4n) is 1.88. The van der Waals surface area contributed by atoms with Gasteiger partial charge in [-0.2, -0.15) is 0 Å². The largest absolute Gasteiger partial charge is 0.273 e. The molecule has 2 rings (SSSR count). The monoisotopic (exact) mass is 401 g/mol. The van der Waals surface area contributed by atoms with Gasteiger partial charge in [0.2, 0.25) is 15.9 Å². The van der Waals surface area contributed by atoms with Gasteiger partial charge >= 0.3 is 0 Å². The molecule has 0 aliphatic rings. The van der Waals surface area contributed by atoms with Gasteiger partial charge in [-0.1, -0.05) is 35.3 Å². The first-order valence-electron chi connectivity index (χ1n) is 6.83. The summed E-state index contributed by atoms with van der Waals surface area (Å²) in [5, 5.41) is 5.57. The Morgan fingerprint density at radius 2 is 1.64 bits per heavy atom. The van der Waals surface area contributed by atoms with E-state index in [2.05, 4.69) is 10.9 Å². The molecule has 2 aromatic carbocycles. The van der Waals surface area contributed by atoms with Gasteiger partial charge < -0.3 is 0 Å². The number of rotatable bonds is 4. The normalized spacial score (nSPS) is 11.0. The van der Waals surface area contributed by atoms with Crippen molar-refractivity contribution in [2.24, 2.45) is 5.14 Å². The predicted octanol–water partition coefficient (Wildman–Crippen LogP) is 1.64. The zero-order chi connectivity index (χ0) is 18.6. The number of carbonyl (C=O) groups excluding carboxylic acids is 2. The van der Waals surface area contributed by atoms with Crippen LogP contribution in [0.5, 0.6) is 0 Å². The average Bonchev–Trinajstić information content (AvgIpc) is 2.54. The molecule has 0 atom stereocenters. The van der Waals surface area contributed by atoms with Crippen molar-refractivity contribution in [3.05, 3.63) is 63.6 Å². The van der Waals surface area contributed by atoms with E-state index in [0.29, 0.717) is 10.6 Å². The van der Waals surface area contributed by atoms with Crippen LogP contribution >= 0.6 is 23.2 Å². The summed E-state index contributed by atoms with van der Waals surface area (Å²) in [4.78, 5) is 23.7. The van der Waals surface area contributed by atoms with Gasteiger partial charge in [0.05, 0.1) is 21.9 Å². The SMILES string of the molecule is NS(=O)(=O)c1ccc(Cl)c(C(=O)NNC(=O)Cc2ccc(Cl)cc2)c1. The Balaban J connectivity index is 2.02. The van der Waals surface area contributed by atoms with Gasteiger partial charge in [0.25, 0.3) is 5.91 Å². The minimum atomic E-state index is -3.99. The number of hydrogen-bond acceptors (Lipinski definition) is 4. The number of hydrazine groups is 1. The molecule has 0 radical (unpaired) electrons. The standard InChI is InChI=1S/C15H13Cl2N3O4S/c16-10-3-1-9(2-4-10)7-14(21)19-20-15(22)12-8-11(25(18,23)24)5-6-13(12)17/h1-6,8H,7H2,(H,19,21)(H,20,22)(H2,18,23,24). The van der Waals surface area contributed by atoms with Crippen molar-refractivity contribution in [3.63, 3.8) is 0 Å². The van der Waals surface area contributed by atoms with Crippen molar-refractivity contribution in [2.75, 3.05) is 0 Å². The molecule has 10 heteroatoms. The van der Waals surface area contributed by atoms with Gasteiger partial charge in [-0.05, 0) is 35.9 Å². The van der Waals surface area contributed by atoms with E-state index in [-0.39, 0.29) is 21.9 Å². The van der Waals surface area contributed by atoms with E-state index in [0.717, 1.165) is 6.07 Å². The van der Waals surface area contributed by atoms with Crippen LogP contribution in [0.1, 0.15) is 15.9 Å². The fraction of sp³-hybridized carbons (Fsp3) is 0.0667.